The predicted octanol–water partition coefficient (Wildman–Crippen LogP) is -8.02. The topological polar surface area (TPSA) is 63.0 Å². The Morgan fingerprint density at radius 1 is 0.600 bits per heavy atom. The second kappa shape index (κ2) is 36.4. The summed E-state index contributed by atoms with van der Waals surface area (Å²) in [4.78, 5) is 0. The third kappa shape index (κ3) is 23.5. The van der Waals surface area contributed by atoms with E-state index in [0.29, 0.717) is 0 Å². The summed E-state index contributed by atoms with van der Waals surface area (Å²) in [5.74, 6) is 0. The molecule has 0 heterocycles. The van der Waals surface area contributed by atoms with Crippen LogP contribution in [-0.2, 0) is 0 Å². The fraction of sp³-hybridized carbons (Fsp3) is 0. The fourth-order valence-corrected chi connectivity index (χ4v) is 0. The van der Waals surface area contributed by atoms with Gasteiger partial charge < -0.3 is 35.8 Å². The van der Waals surface area contributed by atoms with E-state index in [1.807, 2.05) is 0 Å². The van der Waals surface area contributed by atoms with Gasteiger partial charge in [-0.2, -0.15) is 0 Å². The second-order valence-corrected chi connectivity index (χ2v) is 0. The number of rotatable bonds is 0. The van der Waals surface area contributed by atoms with Gasteiger partial charge in [0, 0.05) is 0 Å². The molecule has 0 atom stereocenters. The molecule has 0 radical (unpaired) electrons. The SMILES string of the molecule is O.O.[Ba+2].[Cl-].[Cl-]. The van der Waals surface area contributed by atoms with Gasteiger partial charge in [-0.1, -0.05) is 0 Å². The van der Waals surface area contributed by atoms with Crippen LogP contribution in [-0.4, -0.2) is 59.8 Å². The molecule has 0 rings (SSSR count). The largest absolute Gasteiger partial charge is 2.00 e. The molecule has 0 fully saturated rings. The van der Waals surface area contributed by atoms with Crippen molar-refractivity contribution in [1.29, 1.82) is 0 Å². The predicted molar refractivity (Wildman–Crippen MR) is 13.0 cm³/mol. The molecule has 0 aromatic rings. The number of hydrogen-bond donors (Lipinski definition) is 0. The summed E-state index contributed by atoms with van der Waals surface area (Å²) < 4.78 is 0. The van der Waals surface area contributed by atoms with Crippen LogP contribution in [0.2, 0.25) is 0 Å². The van der Waals surface area contributed by atoms with Crippen LogP contribution in [0.25, 0.3) is 0 Å². The van der Waals surface area contributed by atoms with Crippen molar-refractivity contribution in [2.24, 2.45) is 0 Å². The van der Waals surface area contributed by atoms with Crippen LogP contribution in [0.15, 0.2) is 0 Å². The van der Waals surface area contributed by atoms with Crippen LogP contribution in [0, 0.1) is 0 Å². The van der Waals surface area contributed by atoms with Gasteiger partial charge >= 0.3 is 48.9 Å². The van der Waals surface area contributed by atoms with Crippen molar-refractivity contribution in [1.82, 2.24) is 0 Å². The van der Waals surface area contributed by atoms with Gasteiger partial charge in [0.25, 0.3) is 0 Å². The molecule has 0 saturated carbocycles. The molecule has 0 spiro atoms. The zero-order chi connectivity index (χ0) is 0. The maximum absolute atomic E-state index is 0. The quantitative estimate of drug-likeness (QED) is 0.380. The smallest absolute Gasteiger partial charge is 1.00 e. The number of hydrogen-bond acceptors (Lipinski definition) is 0. The molecule has 0 aliphatic carbocycles. The maximum atomic E-state index is 0. The summed E-state index contributed by atoms with van der Waals surface area (Å²) in [6, 6.07) is 0. The van der Waals surface area contributed by atoms with E-state index in [2.05, 4.69) is 0 Å². The molecular formula is H4BaCl2O2. The van der Waals surface area contributed by atoms with Crippen molar-refractivity contribution >= 4 is 48.9 Å². The average molecular weight is 244 g/mol. The molecule has 0 aliphatic rings. The third-order valence-electron chi connectivity index (χ3n) is 0. The Labute approximate surface area is 83.2 Å². The van der Waals surface area contributed by atoms with Gasteiger partial charge in [0.15, 0.2) is 0 Å². The molecule has 0 aromatic carbocycles. The van der Waals surface area contributed by atoms with Crippen molar-refractivity contribution in [2.45, 2.75) is 0 Å². The molecule has 4 N–H and O–H groups in total. The van der Waals surface area contributed by atoms with Gasteiger partial charge in [0.1, 0.15) is 0 Å². The molecule has 0 amide bonds. The molecule has 0 bridgehead atoms. The van der Waals surface area contributed by atoms with Crippen LogP contribution in [0.5, 0.6) is 0 Å². The van der Waals surface area contributed by atoms with Crippen LogP contribution in [0.1, 0.15) is 0 Å². The molecule has 5 heteroatoms. The minimum atomic E-state index is 0. The van der Waals surface area contributed by atoms with Crippen molar-refractivity contribution in [3.05, 3.63) is 0 Å². The van der Waals surface area contributed by atoms with Crippen LogP contribution in [0.4, 0.5) is 0 Å². The Kier molecular flexibility index (Phi) is 442. The van der Waals surface area contributed by atoms with E-state index in [1.54, 1.807) is 0 Å². The number of halogens is 2. The summed E-state index contributed by atoms with van der Waals surface area (Å²) >= 11 is 0. The van der Waals surface area contributed by atoms with E-state index in [9.17, 15) is 0 Å². The summed E-state index contributed by atoms with van der Waals surface area (Å²) in [6.07, 6.45) is 0. The van der Waals surface area contributed by atoms with Crippen molar-refractivity contribution in [2.75, 3.05) is 0 Å². The molecule has 2 nitrogen and oxygen atoms in total. The van der Waals surface area contributed by atoms with E-state index in [4.69, 9.17) is 0 Å². The van der Waals surface area contributed by atoms with Gasteiger partial charge in [-0.15, -0.1) is 0 Å². The Balaban J connectivity index is 0. The van der Waals surface area contributed by atoms with E-state index < -0.39 is 0 Å². The van der Waals surface area contributed by atoms with Gasteiger partial charge in [-0.25, -0.2) is 0 Å². The monoisotopic (exact) mass is 244 g/mol. The second-order valence-electron chi connectivity index (χ2n) is 0. The molecule has 5 heavy (non-hydrogen) atoms. The molecule has 0 aromatic heterocycles. The minimum Gasteiger partial charge on any atom is -1.00 e. The molecule has 32 valence electrons. The molecule has 0 saturated heterocycles. The molecule has 0 unspecified atom stereocenters. The Morgan fingerprint density at radius 2 is 0.600 bits per heavy atom. The Hall–Kier alpha value is 2.07. The normalized spacial score (nSPS) is 0. The zero-order valence-electron chi connectivity index (χ0n) is 2.46. The Morgan fingerprint density at radius 3 is 0.600 bits per heavy atom. The van der Waals surface area contributed by atoms with Crippen LogP contribution < -0.4 is 24.8 Å². The minimum absolute atomic E-state index is 0. The van der Waals surface area contributed by atoms with Crippen LogP contribution >= 0.6 is 0 Å². The van der Waals surface area contributed by atoms with E-state index in [1.165, 1.54) is 0 Å². The maximum Gasteiger partial charge on any atom is 2.00 e. The van der Waals surface area contributed by atoms with Gasteiger partial charge in [-0.05, 0) is 0 Å². The summed E-state index contributed by atoms with van der Waals surface area (Å²) in [5, 5.41) is 0. The van der Waals surface area contributed by atoms with E-state index in [-0.39, 0.29) is 84.6 Å². The van der Waals surface area contributed by atoms with Crippen molar-refractivity contribution < 1.29 is 35.8 Å². The summed E-state index contributed by atoms with van der Waals surface area (Å²) in [6.45, 7) is 0. The first-order chi connectivity index (χ1) is 0. The van der Waals surface area contributed by atoms with Gasteiger partial charge in [0.2, 0.25) is 0 Å². The van der Waals surface area contributed by atoms with Gasteiger partial charge in [-0.3, -0.25) is 0 Å². The van der Waals surface area contributed by atoms with Crippen LogP contribution in [0.3, 0.4) is 0 Å². The third-order valence-corrected chi connectivity index (χ3v) is 0. The summed E-state index contributed by atoms with van der Waals surface area (Å²) in [5.41, 5.74) is 0. The van der Waals surface area contributed by atoms with E-state index in [0.717, 1.165) is 0 Å². The average Bonchev–Trinajstić information content (AvgIpc) is 0. The molecular weight excluding hydrogens is 240 g/mol. The van der Waals surface area contributed by atoms with Gasteiger partial charge in [0.05, 0.1) is 0 Å². The standard InChI is InChI=1S/Ba.2ClH.2H2O/h;2*1H;2*1H2/q+2;;;;/p-2. The van der Waals surface area contributed by atoms with E-state index >= 15 is 0 Å². The first-order valence-electron chi connectivity index (χ1n) is 0. The first-order valence-corrected chi connectivity index (χ1v) is 0. The fourth-order valence-electron chi connectivity index (χ4n) is 0. The Bertz CT molecular complexity index is 7.61. The molecule has 0 aliphatic heterocycles. The van der Waals surface area contributed by atoms with Crippen molar-refractivity contribution in [3.8, 4) is 0 Å². The first kappa shape index (κ1) is 60.8. The zero-order valence-corrected chi connectivity index (χ0v) is 8.42. The van der Waals surface area contributed by atoms with Crippen molar-refractivity contribution in [3.63, 3.8) is 0 Å². The summed E-state index contributed by atoms with van der Waals surface area (Å²) in [7, 11) is 0.